The Morgan fingerprint density at radius 1 is 1.03 bits per heavy atom. The first-order chi connectivity index (χ1) is 15.1. The van der Waals surface area contributed by atoms with Gasteiger partial charge in [-0.2, -0.15) is 0 Å². The highest BCUT2D eigenvalue weighted by molar-refractivity contribution is 5.83. The monoisotopic (exact) mass is 423 g/mol. The Morgan fingerprint density at radius 3 is 2.29 bits per heavy atom. The number of piperazine rings is 1. The van der Waals surface area contributed by atoms with Crippen LogP contribution >= 0.6 is 0 Å². The third kappa shape index (κ3) is 5.20. The second kappa shape index (κ2) is 9.71. The van der Waals surface area contributed by atoms with Crippen LogP contribution in [0.2, 0.25) is 0 Å². The van der Waals surface area contributed by atoms with Gasteiger partial charge < -0.3 is 14.8 Å². The molecule has 0 radical (unpaired) electrons. The number of aryl methyl sites for hydroxylation is 1. The summed E-state index contributed by atoms with van der Waals surface area (Å²) in [5.74, 6) is 1.67. The maximum Gasteiger partial charge on any atom is 0.242 e. The zero-order valence-corrected chi connectivity index (χ0v) is 18.8. The Balaban J connectivity index is 1.42. The first-order valence-electron chi connectivity index (χ1n) is 11.1. The summed E-state index contributed by atoms with van der Waals surface area (Å²) in [6, 6.07) is 14.4. The first-order valence-corrected chi connectivity index (χ1v) is 11.1. The molecule has 1 saturated heterocycles. The topological polar surface area (TPSA) is 54.0 Å². The van der Waals surface area contributed by atoms with E-state index in [2.05, 4.69) is 40.2 Å². The molecule has 1 saturated carbocycles. The Hall–Kier alpha value is -2.57. The van der Waals surface area contributed by atoms with Crippen molar-refractivity contribution in [1.82, 2.24) is 15.1 Å². The molecule has 166 valence electrons. The molecule has 1 amide bonds. The normalized spacial score (nSPS) is 18.4. The second-order valence-electron chi connectivity index (χ2n) is 8.54. The fourth-order valence-electron chi connectivity index (χ4n) is 4.28. The van der Waals surface area contributed by atoms with E-state index in [9.17, 15) is 4.79 Å². The molecule has 1 aliphatic heterocycles. The maximum absolute atomic E-state index is 13.0. The molecule has 2 aromatic rings. The fraction of sp³-hybridized carbons (Fsp3) is 0.480. The van der Waals surface area contributed by atoms with E-state index in [-0.39, 0.29) is 11.9 Å². The van der Waals surface area contributed by atoms with Crippen molar-refractivity contribution < 1.29 is 14.3 Å². The van der Waals surface area contributed by atoms with Crippen LogP contribution in [0, 0.1) is 6.92 Å². The number of rotatable bonds is 8. The van der Waals surface area contributed by atoms with Crippen molar-refractivity contribution in [2.24, 2.45) is 0 Å². The van der Waals surface area contributed by atoms with E-state index in [1.54, 1.807) is 14.2 Å². The second-order valence-corrected chi connectivity index (χ2v) is 8.54. The predicted octanol–water partition coefficient (Wildman–Crippen LogP) is 3.15. The lowest BCUT2D eigenvalue weighted by Gasteiger charge is -2.39. The third-order valence-electron chi connectivity index (χ3n) is 6.30. The largest absolute Gasteiger partial charge is 0.493 e. The van der Waals surface area contributed by atoms with Crippen LogP contribution in [-0.4, -0.2) is 62.1 Å². The molecular weight excluding hydrogens is 390 g/mol. The quantitative estimate of drug-likeness (QED) is 0.707. The molecular formula is C25H33N3O3. The Kier molecular flexibility index (Phi) is 6.78. The molecule has 0 unspecified atom stereocenters. The van der Waals surface area contributed by atoms with Crippen molar-refractivity contribution in [3.05, 3.63) is 59.2 Å². The third-order valence-corrected chi connectivity index (χ3v) is 6.30. The number of amides is 1. The van der Waals surface area contributed by atoms with E-state index in [1.165, 1.54) is 11.1 Å². The summed E-state index contributed by atoms with van der Waals surface area (Å²) in [7, 11) is 3.34. The Labute approximate surface area is 185 Å². The molecule has 1 heterocycles. The van der Waals surface area contributed by atoms with Gasteiger partial charge in [0.15, 0.2) is 11.5 Å². The number of nitrogens with one attached hydrogen (secondary N) is 1. The number of benzene rings is 2. The number of nitrogens with zero attached hydrogens (tertiary/aromatic N) is 2. The summed E-state index contributed by atoms with van der Waals surface area (Å²) >= 11 is 0. The van der Waals surface area contributed by atoms with Crippen LogP contribution in [0.5, 0.6) is 11.5 Å². The predicted molar refractivity (Wildman–Crippen MR) is 121 cm³/mol. The molecule has 1 N–H and O–H groups in total. The molecule has 2 fully saturated rings. The minimum absolute atomic E-state index is 0.137. The molecule has 4 rings (SSSR count). The molecule has 6 heteroatoms. The highest BCUT2D eigenvalue weighted by Crippen LogP contribution is 2.31. The number of carbonyl (C=O) groups is 1. The smallest absolute Gasteiger partial charge is 0.242 e. The zero-order valence-electron chi connectivity index (χ0n) is 18.8. The van der Waals surface area contributed by atoms with E-state index in [4.69, 9.17) is 9.47 Å². The lowest BCUT2D eigenvalue weighted by molar-refractivity contribution is -0.127. The highest BCUT2D eigenvalue weighted by atomic mass is 16.5. The van der Waals surface area contributed by atoms with Crippen molar-refractivity contribution in [2.75, 3.05) is 40.4 Å². The van der Waals surface area contributed by atoms with Crippen LogP contribution in [0.1, 0.15) is 35.6 Å². The summed E-state index contributed by atoms with van der Waals surface area (Å²) in [6.07, 6.45) is 2.21. The average molecular weight is 424 g/mol. The van der Waals surface area contributed by atoms with Crippen LogP contribution < -0.4 is 14.8 Å². The lowest BCUT2D eigenvalue weighted by Crippen LogP contribution is -2.51. The molecule has 6 nitrogen and oxygen atoms in total. The van der Waals surface area contributed by atoms with Gasteiger partial charge in [-0.05, 0) is 48.6 Å². The average Bonchev–Trinajstić information content (AvgIpc) is 3.61. The van der Waals surface area contributed by atoms with Gasteiger partial charge in [0.2, 0.25) is 5.91 Å². The van der Waals surface area contributed by atoms with E-state index in [1.807, 2.05) is 24.3 Å². The van der Waals surface area contributed by atoms with Crippen LogP contribution in [0.4, 0.5) is 0 Å². The summed E-state index contributed by atoms with van der Waals surface area (Å²) in [4.78, 5) is 17.8. The van der Waals surface area contributed by atoms with Crippen molar-refractivity contribution in [2.45, 2.75) is 38.4 Å². The summed E-state index contributed by atoms with van der Waals surface area (Å²) in [5.41, 5.74) is 3.52. The molecule has 2 aromatic carbocycles. The van der Waals surface area contributed by atoms with Crippen molar-refractivity contribution in [3.63, 3.8) is 0 Å². The molecule has 0 aromatic heterocycles. The van der Waals surface area contributed by atoms with Crippen LogP contribution in [0.25, 0.3) is 0 Å². The minimum atomic E-state index is -0.216. The van der Waals surface area contributed by atoms with E-state index in [0.29, 0.717) is 6.04 Å². The molecule has 31 heavy (non-hydrogen) atoms. The van der Waals surface area contributed by atoms with Gasteiger partial charge in [-0.1, -0.05) is 30.3 Å². The maximum atomic E-state index is 13.0. The molecule has 2 aliphatic rings. The number of hydrogen-bond donors (Lipinski definition) is 1. The van der Waals surface area contributed by atoms with Crippen molar-refractivity contribution >= 4 is 5.91 Å². The number of ether oxygens (including phenoxy) is 2. The minimum Gasteiger partial charge on any atom is -0.493 e. The van der Waals surface area contributed by atoms with Gasteiger partial charge in [-0.15, -0.1) is 0 Å². The Bertz CT molecular complexity index is 890. The van der Waals surface area contributed by atoms with E-state index in [0.717, 1.165) is 62.6 Å². The molecule has 0 bridgehead atoms. The zero-order chi connectivity index (χ0) is 21.8. The summed E-state index contributed by atoms with van der Waals surface area (Å²) < 4.78 is 10.9. The highest BCUT2D eigenvalue weighted by Gasteiger charge is 2.33. The first kappa shape index (κ1) is 21.7. The standard InChI is InChI=1S/C25H33N3O3/c1-18-15-22(30-2)23(31-3)16-20(18)17-27-11-13-28(14-12-27)24(19-7-5-4-6-8-19)25(29)26-21-9-10-21/h4-8,15-16,21,24H,9-14,17H2,1-3H3,(H,26,29)/t24-/m1/s1. The molecule has 1 atom stereocenters. The van der Waals surface area contributed by atoms with Crippen molar-refractivity contribution in [3.8, 4) is 11.5 Å². The number of hydrogen-bond acceptors (Lipinski definition) is 5. The molecule has 0 spiro atoms. The number of methoxy groups -OCH3 is 2. The van der Waals surface area contributed by atoms with Gasteiger partial charge in [0.1, 0.15) is 6.04 Å². The molecule has 1 aliphatic carbocycles. The number of carbonyl (C=O) groups excluding carboxylic acids is 1. The fourth-order valence-corrected chi connectivity index (χ4v) is 4.28. The van der Waals surface area contributed by atoms with Crippen LogP contribution in [0.15, 0.2) is 42.5 Å². The Morgan fingerprint density at radius 2 is 1.68 bits per heavy atom. The van der Waals surface area contributed by atoms with Crippen LogP contribution in [-0.2, 0) is 11.3 Å². The SMILES string of the molecule is COc1cc(C)c(CN2CCN([C@@H](C(=O)NC3CC3)c3ccccc3)CC2)cc1OC. The van der Waals surface area contributed by atoms with Gasteiger partial charge in [-0.3, -0.25) is 14.6 Å². The van der Waals surface area contributed by atoms with Gasteiger partial charge in [0, 0.05) is 38.8 Å². The van der Waals surface area contributed by atoms with Gasteiger partial charge >= 0.3 is 0 Å². The van der Waals surface area contributed by atoms with Gasteiger partial charge in [0.25, 0.3) is 0 Å². The lowest BCUT2D eigenvalue weighted by atomic mass is 10.0. The summed E-state index contributed by atoms with van der Waals surface area (Å²) in [6.45, 7) is 6.56. The van der Waals surface area contributed by atoms with Crippen LogP contribution in [0.3, 0.4) is 0 Å². The van der Waals surface area contributed by atoms with E-state index >= 15 is 0 Å². The van der Waals surface area contributed by atoms with Crippen molar-refractivity contribution in [1.29, 1.82) is 0 Å². The van der Waals surface area contributed by atoms with Gasteiger partial charge in [-0.25, -0.2) is 0 Å². The van der Waals surface area contributed by atoms with E-state index < -0.39 is 0 Å². The summed E-state index contributed by atoms with van der Waals surface area (Å²) in [5, 5.41) is 3.21. The van der Waals surface area contributed by atoms with Gasteiger partial charge in [0.05, 0.1) is 14.2 Å².